The molecule has 0 bridgehead atoms. The fourth-order valence-electron chi connectivity index (χ4n) is 1.79. The molecule has 0 fully saturated rings. The highest BCUT2D eigenvalue weighted by Gasteiger charge is 2.32. The maximum absolute atomic E-state index is 10.2. The highest BCUT2D eigenvalue weighted by atomic mass is 16.5. The van der Waals surface area contributed by atoms with Gasteiger partial charge in [0.25, 0.3) is 0 Å². The zero-order valence-corrected chi connectivity index (χ0v) is 10.7. The Balaban J connectivity index is 2.91. The van der Waals surface area contributed by atoms with Crippen LogP contribution in [0.4, 0.5) is 0 Å². The number of hydrogen-bond donors (Lipinski definition) is 1. The predicted octanol–water partition coefficient (Wildman–Crippen LogP) is 2.48. The second kappa shape index (κ2) is 4.93. The summed E-state index contributed by atoms with van der Waals surface area (Å²) in [5.74, 6) is 0. The van der Waals surface area contributed by atoms with Gasteiger partial charge in [0.05, 0.1) is 6.10 Å². The van der Waals surface area contributed by atoms with E-state index in [2.05, 4.69) is 4.98 Å². The summed E-state index contributed by atoms with van der Waals surface area (Å²) in [6, 6.07) is 3.79. The van der Waals surface area contributed by atoms with E-state index in [1.54, 1.807) is 13.3 Å². The lowest BCUT2D eigenvalue weighted by molar-refractivity contribution is -0.0725. The first-order chi connectivity index (χ1) is 7.36. The van der Waals surface area contributed by atoms with Crippen LogP contribution in [-0.4, -0.2) is 23.3 Å². The van der Waals surface area contributed by atoms with Gasteiger partial charge in [-0.3, -0.25) is 4.98 Å². The number of aliphatic hydroxyl groups is 1. The van der Waals surface area contributed by atoms with Crippen LogP contribution in [0.15, 0.2) is 18.3 Å². The molecule has 1 N–H and O–H groups in total. The Kier molecular flexibility index (Phi) is 4.05. The van der Waals surface area contributed by atoms with Crippen LogP contribution in [0.1, 0.15) is 38.1 Å². The van der Waals surface area contributed by atoms with E-state index in [0.29, 0.717) is 0 Å². The molecular formula is C13H21NO2. The Morgan fingerprint density at radius 3 is 2.31 bits per heavy atom. The Morgan fingerprint density at radius 1 is 1.31 bits per heavy atom. The van der Waals surface area contributed by atoms with Crippen LogP contribution in [0.5, 0.6) is 0 Å². The maximum Gasteiger partial charge on any atom is 0.107 e. The van der Waals surface area contributed by atoms with Gasteiger partial charge in [-0.2, -0.15) is 0 Å². The van der Waals surface area contributed by atoms with E-state index in [0.717, 1.165) is 11.3 Å². The average Bonchev–Trinajstić information content (AvgIpc) is 2.17. The molecular weight excluding hydrogens is 202 g/mol. The quantitative estimate of drug-likeness (QED) is 0.856. The molecule has 0 saturated carbocycles. The molecule has 3 heteroatoms. The van der Waals surface area contributed by atoms with Crippen molar-refractivity contribution in [2.45, 2.75) is 39.9 Å². The molecule has 1 rings (SSSR count). The van der Waals surface area contributed by atoms with E-state index in [4.69, 9.17) is 4.74 Å². The lowest BCUT2D eigenvalue weighted by atomic mass is 9.83. The summed E-state index contributed by atoms with van der Waals surface area (Å²) < 4.78 is 5.38. The molecule has 1 aromatic rings. The van der Waals surface area contributed by atoms with Gasteiger partial charge in [-0.25, -0.2) is 0 Å². The second-order valence-corrected chi connectivity index (χ2v) is 5.20. The maximum atomic E-state index is 10.2. The molecule has 0 aromatic carbocycles. The summed E-state index contributed by atoms with van der Waals surface area (Å²) in [5.41, 5.74) is 1.63. The molecule has 16 heavy (non-hydrogen) atoms. The van der Waals surface area contributed by atoms with Gasteiger partial charge >= 0.3 is 0 Å². The minimum Gasteiger partial charge on any atom is -0.386 e. The molecule has 0 aliphatic heterocycles. The van der Waals surface area contributed by atoms with Gasteiger partial charge in [0.2, 0.25) is 0 Å². The normalized spacial score (nSPS) is 15.9. The van der Waals surface area contributed by atoms with Crippen LogP contribution in [0.25, 0.3) is 0 Å². The molecule has 0 radical (unpaired) electrons. The summed E-state index contributed by atoms with van der Waals surface area (Å²) in [4.78, 5) is 4.18. The van der Waals surface area contributed by atoms with Crippen molar-refractivity contribution in [2.24, 2.45) is 5.41 Å². The van der Waals surface area contributed by atoms with E-state index in [1.165, 1.54) is 0 Å². The fraction of sp³-hybridized carbons (Fsp3) is 0.615. The molecule has 0 saturated heterocycles. The Morgan fingerprint density at radius 2 is 1.94 bits per heavy atom. The number of nitrogens with zero attached hydrogens (tertiary/aromatic N) is 1. The first kappa shape index (κ1) is 13.1. The van der Waals surface area contributed by atoms with Gasteiger partial charge < -0.3 is 9.84 Å². The molecule has 0 aliphatic rings. The SMILES string of the molecule is COC(C(O)c1ccc(C)nc1)C(C)(C)C. The standard InChI is InChI=1S/C13H21NO2/c1-9-6-7-10(8-14-9)11(15)12(16-5)13(2,3)4/h6-8,11-12,15H,1-5H3. The zero-order chi connectivity index (χ0) is 12.3. The van der Waals surface area contributed by atoms with Gasteiger partial charge in [-0.05, 0) is 18.4 Å². The number of ether oxygens (including phenoxy) is 1. The Hall–Kier alpha value is -0.930. The number of rotatable bonds is 3. The molecule has 0 spiro atoms. The number of pyridine rings is 1. The minimum absolute atomic E-state index is 0.112. The van der Waals surface area contributed by atoms with Crippen LogP contribution in [0, 0.1) is 12.3 Å². The van der Waals surface area contributed by atoms with Gasteiger partial charge in [-0.15, -0.1) is 0 Å². The van der Waals surface area contributed by atoms with Gasteiger partial charge in [0, 0.05) is 24.6 Å². The van der Waals surface area contributed by atoms with E-state index in [1.807, 2.05) is 39.8 Å². The molecule has 2 unspecified atom stereocenters. The molecule has 2 atom stereocenters. The summed E-state index contributed by atoms with van der Waals surface area (Å²) in [6.07, 6.45) is 0.827. The van der Waals surface area contributed by atoms with E-state index < -0.39 is 6.10 Å². The summed E-state index contributed by atoms with van der Waals surface area (Å²) in [5, 5.41) is 10.2. The van der Waals surface area contributed by atoms with Crippen LogP contribution < -0.4 is 0 Å². The average molecular weight is 223 g/mol. The number of methoxy groups -OCH3 is 1. The number of hydrogen-bond acceptors (Lipinski definition) is 3. The van der Waals surface area contributed by atoms with Crippen LogP contribution >= 0.6 is 0 Å². The Bertz CT molecular complexity index is 327. The molecule has 0 amide bonds. The third-order valence-electron chi connectivity index (χ3n) is 2.67. The van der Waals surface area contributed by atoms with Crippen molar-refractivity contribution in [3.63, 3.8) is 0 Å². The minimum atomic E-state index is -0.641. The zero-order valence-electron chi connectivity index (χ0n) is 10.7. The van der Waals surface area contributed by atoms with Crippen molar-refractivity contribution in [1.82, 2.24) is 4.98 Å². The predicted molar refractivity (Wildman–Crippen MR) is 64.2 cm³/mol. The van der Waals surface area contributed by atoms with Crippen molar-refractivity contribution in [3.05, 3.63) is 29.6 Å². The summed E-state index contributed by atoms with van der Waals surface area (Å²) in [6.45, 7) is 8.07. The van der Waals surface area contributed by atoms with Crippen molar-refractivity contribution in [2.75, 3.05) is 7.11 Å². The van der Waals surface area contributed by atoms with Gasteiger partial charge in [0.1, 0.15) is 6.10 Å². The second-order valence-electron chi connectivity index (χ2n) is 5.20. The van der Waals surface area contributed by atoms with Crippen molar-refractivity contribution < 1.29 is 9.84 Å². The molecule has 0 aliphatic carbocycles. The first-order valence-electron chi connectivity index (χ1n) is 5.49. The van der Waals surface area contributed by atoms with Crippen LogP contribution in [-0.2, 0) is 4.74 Å². The fourth-order valence-corrected chi connectivity index (χ4v) is 1.79. The van der Waals surface area contributed by atoms with Crippen molar-refractivity contribution in [3.8, 4) is 0 Å². The highest BCUT2D eigenvalue weighted by molar-refractivity contribution is 5.17. The summed E-state index contributed by atoms with van der Waals surface area (Å²) in [7, 11) is 1.63. The highest BCUT2D eigenvalue weighted by Crippen LogP contribution is 2.31. The smallest absolute Gasteiger partial charge is 0.107 e. The van der Waals surface area contributed by atoms with E-state index in [9.17, 15) is 5.11 Å². The third-order valence-corrected chi connectivity index (χ3v) is 2.67. The lowest BCUT2D eigenvalue weighted by Gasteiger charge is -2.33. The Labute approximate surface area is 97.5 Å². The van der Waals surface area contributed by atoms with Gasteiger partial charge in [-0.1, -0.05) is 26.8 Å². The number of aryl methyl sites for hydroxylation is 1. The number of aromatic nitrogens is 1. The molecule has 90 valence electrons. The molecule has 3 nitrogen and oxygen atoms in total. The number of aliphatic hydroxyl groups excluding tert-OH is 1. The van der Waals surface area contributed by atoms with Crippen molar-refractivity contribution >= 4 is 0 Å². The molecule has 1 aromatic heterocycles. The van der Waals surface area contributed by atoms with Gasteiger partial charge in [0.15, 0.2) is 0 Å². The molecule has 1 heterocycles. The lowest BCUT2D eigenvalue weighted by Crippen LogP contribution is -2.34. The van der Waals surface area contributed by atoms with Crippen LogP contribution in [0.3, 0.4) is 0 Å². The monoisotopic (exact) mass is 223 g/mol. The first-order valence-corrected chi connectivity index (χ1v) is 5.49. The summed E-state index contributed by atoms with van der Waals surface area (Å²) >= 11 is 0. The topological polar surface area (TPSA) is 42.4 Å². The van der Waals surface area contributed by atoms with Crippen LogP contribution in [0.2, 0.25) is 0 Å². The van der Waals surface area contributed by atoms with E-state index >= 15 is 0 Å². The van der Waals surface area contributed by atoms with Crippen molar-refractivity contribution in [1.29, 1.82) is 0 Å². The third kappa shape index (κ3) is 3.03. The largest absolute Gasteiger partial charge is 0.386 e. The van der Waals surface area contributed by atoms with E-state index in [-0.39, 0.29) is 11.5 Å².